The largest absolute Gasteiger partial charge is 0.469 e. The lowest BCUT2D eigenvalue weighted by atomic mass is 10.2. The number of hydrogen-bond acceptors (Lipinski definition) is 5. The van der Waals surface area contributed by atoms with E-state index in [1.165, 1.54) is 14.0 Å². The van der Waals surface area contributed by atoms with E-state index < -0.39 is 29.6 Å². The van der Waals surface area contributed by atoms with E-state index >= 15 is 0 Å². The normalized spacial score (nSPS) is 12.3. The van der Waals surface area contributed by atoms with Crippen LogP contribution in [0.15, 0.2) is 0 Å². The molecule has 7 heteroatoms. The molecule has 2 N–H and O–H groups in total. The molecule has 0 heterocycles. The number of amides is 2. The first-order valence-corrected chi connectivity index (χ1v) is 5.99. The summed E-state index contributed by atoms with van der Waals surface area (Å²) in [4.78, 5) is 33.8. The molecule has 1 atom stereocenters. The van der Waals surface area contributed by atoms with Crippen LogP contribution in [-0.2, 0) is 19.1 Å². The van der Waals surface area contributed by atoms with E-state index in [9.17, 15) is 14.4 Å². The average molecular weight is 274 g/mol. The van der Waals surface area contributed by atoms with Crippen molar-refractivity contribution in [2.45, 2.75) is 45.8 Å². The molecule has 0 aliphatic rings. The summed E-state index contributed by atoms with van der Waals surface area (Å²) >= 11 is 0. The van der Waals surface area contributed by atoms with E-state index in [1.54, 1.807) is 20.8 Å². The van der Waals surface area contributed by atoms with Crippen LogP contribution in [0.1, 0.15) is 34.1 Å². The Bertz CT molecular complexity index is 336. The Morgan fingerprint density at radius 3 is 2.26 bits per heavy atom. The van der Waals surface area contributed by atoms with Gasteiger partial charge in [0.2, 0.25) is 5.91 Å². The van der Waals surface area contributed by atoms with Gasteiger partial charge in [-0.1, -0.05) is 0 Å². The van der Waals surface area contributed by atoms with Crippen LogP contribution in [0.2, 0.25) is 0 Å². The third-order valence-corrected chi connectivity index (χ3v) is 1.98. The molecule has 0 radical (unpaired) electrons. The number of alkyl carbamates (subject to hydrolysis) is 1. The number of rotatable bonds is 5. The molecule has 1 unspecified atom stereocenters. The zero-order valence-corrected chi connectivity index (χ0v) is 12.0. The fourth-order valence-electron chi connectivity index (χ4n) is 1.09. The highest BCUT2D eigenvalue weighted by atomic mass is 16.6. The fraction of sp³-hybridized carbons (Fsp3) is 0.750. The molecule has 19 heavy (non-hydrogen) atoms. The van der Waals surface area contributed by atoms with E-state index in [4.69, 9.17) is 4.74 Å². The molecule has 0 aromatic carbocycles. The van der Waals surface area contributed by atoms with Crippen molar-refractivity contribution in [3.63, 3.8) is 0 Å². The van der Waals surface area contributed by atoms with Gasteiger partial charge in [0.15, 0.2) is 0 Å². The van der Waals surface area contributed by atoms with Crippen LogP contribution in [0.25, 0.3) is 0 Å². The Morgan fingerprint density at radius 1 is 1.21 bits per heavy atom. The van der Waals surface area contributed by atoms with Crippen LogP contribution in [0, 0.1) is 0 Å². The minimum absolute atomic E-state index is 0.0847. The fourth-order valence-corrected chi connectivity index (χ4v) is 1.09. The number of hydrogen-bond donors (Lipinski definition) is 2. The summed E-state index contributed by atoms with van der Waals surface area (Å²) in [5, 5.41) is 4.90. The third kappa shape index (κ3) is 8.87. The van der Waals surface area contributed by atoms with Gasteiger partial charge in [-0.15, -0.1) is 0 Å². The smallest absolute Gasteiger partial charge is 0.408 e. The number of ether oxygens (including phenoxy) is 2. The standard InChI is InChI=1S/C12H22N2O5/c1-8(14-11(17)19-12(2,3)4)10(16)13-7-6-9(15)18-5/h8H,6-7H2,1-5H3,(H,13,16)(H,14,17). The first kappa shape index (κ1) is 17.2. The van der Waals surface area contributed by atoms with Crippen molar-refractivity contribution in [2.24, 2.45) is 0 Å². The average Bonchev–Trinajstić information content (AvgIpc) is 2.25. The molecule has 110 valence electrons. The van der Waals surface area contributed by atoms with Gasteiger partial charge in [-0.2, -0.15) is 0 Å². The summed E-state index contributed by atoms with van der Waals surface area (Å²) in [5.74, 6) is -0.803. The minimum atomic E-state index is -0.743. The zero-order valence-electron chi connectivity index (χ0n) is 12.0. The highest BCUT2D eigenvalue weighted by Gasteiger charge is 2.20. The van der Waals surface area contributed by atoms with Crippen molar-refractivity contribution >= 4 is 18.0 Å². The molecule has 0 saturated carbocycles. The van der Waals surface area contributed by atoms with Crippen LogP contribution >= 0.6 is 0 Å². The Kier molecular flexibility index (Phi) is 6.89. The van der Waals surface area contributed by atoms with Gasteiger partial charge in [-0.25, -0.2) is 4.79 Å². The van der Waals surface area contributed by atoms with Gasteiger partial charge >= 0.3 is 12.1 Å². The van der Waals surface area contributed by atoms with Crippen molar-refractivity contribution in [1.82, 2.24) is 10.6 Å². The number of carbonyl (C=O) groups is 3. The van der Waals surface area contributed by atoms with Gasteiger partial charge in [0.25, 0.3) is 0 Å². The van der Waals surface area contributed by atoms with Crippen molar-refractivity contribution in [3.8, 4) is 0 Å². The van der Waals surface area contributed by atoms with Crippen LogP contribution in [-0.4, -0.2) is 43.3 Å². The van der Waals surface area contributed by atoms with Crippen LogP contribution in [0.4, 0.5) is 4.79 Å². The minimum Gasteiger partial charge on any atom is -0.469 e. The van der Waals surface area contributed by atoms with Crippen LogP contribution in [0.5, 0.6) is 0 Å². The van der Waals surface area contributed by atoms with E-state index in [0.717, 1.165) is 0 Å². The lowest BCUT2D eigenvalue weighted by molar-refractivity contribution is -0.140. The van der Waals surface area contributed by atoms with Gasteiger partial charge in [-0.3, -0.25) is 9.59 Å². The Balaban J connectivity index is 4.00. The monoisotopic (exact) mass is 274 g/mol. The number of methoxy groups -OCH3 is 1. The topological polar surface area (TPSA) is 93.7 Å². The van der Waals surface area contributed by atoms with Gasteiger partial charge in [0.05, 0.1) is 13.5 Å². The highest BCUT2D eigenvalue weighted by molar-refractivity contribution is 5.85. The van der Waals surface area contributed by atoms with Crippen molar-refractivity contribution in [3.05, 3.63) is 0 Å². The summed E-state index contributed by atoms with van der Waals surface area (Å²) in [6.07, 6.45) is -0.579. The summed E-state index contributed by atoms with van der Waals surface area (Å²) < 4.78 is 9.45. The van der Waals surface area contributed by atoms with E-state index in [-0.39, 0.29) is 13.0 Å². The Morgan fingerprint density at radius 2 is 1.79 bits per heavy atom. The van der Waals surface area contributed by atoms with Crippen molar-refractivity contribution in [1.29, 1.82) is 0 Å². The van der Waals surface area contributed by atoms with Gasteiger partial charge in [0.1, 0.15) is 11.6 Å². The molecule has 0 aliphatic heterocycles. The van der Waals surface area contributed by atoms with Crippen molar-refractivity contribution in [2.75, 3.05) is 13.7 Å². The molecule has 0 fully saturated rings. The van der Waals surface area contributed by atoms with E-state index in [0.29, 0.717) is 0 Å². The summed E-state index contributed by atoms with van der Waals surface area (Å²) in [6.45, 7) is 6.87. The maximum absolute atomic E-state index is 11.6. The molecule has 0 spiro atoms. The lowest BCUT2D eigenvalue weighted by Crippen LogP contribution is -2.46. The Hall–Kier alpha value is -1.79. The van der Waals surface area contributed by atoms with E-state index in [2.05, 4.69) is 15.4 Å². The quantitative estimate of drug-likeness (QED) is 0.715. The summed E-state index contributed by atoms with van der Waals surface area (Å²) in [6, 6.07) is -0.743. The Labute approximate surface area is 113 Å². The highest BCUT2D eigenvalue weighted by Crippen LogP contribution is 2.06. The lowest BCUT2D eigenvalue weighted by Gasteiger charge is -2.21. The molecule has 0 saturated heterocycles. The molecular formula is C12H22N2O5. The van der Waals surface area contributed by atoms with Crippen LogP contribution in [0.3, 0.4) is 0 Å². The number of nitrogens with one attached hydrogen (secondary N) is 2. The van der Waals surface area contributed by atoms with Crippen LogP contribution < -0.4 is 10.6 Å². The first-order valence-electron chi connectivity index (χ1n) is 5.99. The second-order valence-corrected chi connectivity index (χ2v) is 4.99. The second kappa shape index (κ2) is 7.60. The van der Waals surface area contributed by atoms with Gasteiger partial charge < -0.3 is 20.1 Å². The number of esters is 1. The molecule has 0 aliphatic carbocycles. The summed E-state index contributed by atoms with van der Waals surface area (Å²) in [7, 11) is 1.27. The molecule has 0 rings (SSSR count). The molecule has 0 aromatic heterocycles. The molecule has 7 nitrogen and oxygen atoms in total. The third-order valence-electron chi connectivity index (χ3n) is 1.98. The first-order chi connectivity index (χ1) is 8.65. The SMILES string of the molecule is COC(=O)CCNC(=O)C(C)NC(=O)OC(C)(C)C. The van der Waals surface area contributed by atoms with Crippen molar-refractivity contribution < 1.29 is 23.9 Å². The summed E-state index contributed by atoms with van der Waals surface area (Å²) in [5.41, 5.74) is -0.620. The number of carbonyl (C=O) groups excluding carboxylic acids is 3. The molecule has 0 bridgehead atoms. The molecular weight excluding hydrogens is 252 g/mol. The second-order valence-electron chi connectivity index (χ2n) is 4.99. The molecule has 0 aromatic rings. The predicted molar refractivity (Wildman–Crippen MR) is 68.5 cm³/mol. The zero-order chi connectivity index (χ0) is 15.1. The van der Waals surface area contributed by atoms with Gasteiger partial charge in [-0.05, 0) is 27.7 Å². The maximum atomic E-state index is 11.6. The van der Waals surface area contributed by atoms with E-state index in [1.807, 2.05) is 0 Å². The molecule has 2 amide bonds. The maximum Gasteiger partial charge on any atom is 0.408 e. The van der Waals surface area contributed by atoms with Gasteiger partial charge in [0, 0.05) is 6.54 Å². The predicted octanol–water partition coefficient (Wildman–Crippen LogP) is 0.579.